The minimum absolute atomic E-state index is 0.102. The minimum Gasteiger partial charge on any atom is -0.505 e. The van der Waals surface area contributed by atoms with Crippen molar-refractivity contribution in [3.63, 3.8) is 0 Å². The van der Waals surface area contributed by atoms with Crippen LogP contribution in [0.3, 0.4) is 0 Å². The average molecular weight is 474 g/mol. The molecule has 0 spiro atoms. The number of rotatable bonds is 5. The zero-order chi connectivity index (χ0) is 24.9. The number of carbonyl (C=O) groups is 2. The number of hydrogen-bond acceptors (Lipinski definition) is 6. The predicted octanol–water partition coefficient (Wildman–Crippen LogP) is 1.83. The summed E-state index contributed by atoms with van der Waals surface area (Å²) in [4.78, 5) is 41.6. The van der Waals surface area contributed by atoms with E-state index in [-0.39, 0.29) is 22.9 Å². The number of phenols is 1. The largest absolute Gasteiger partial charge is 0.505 e. The summed E-state index contributed by atoms with van der Waals surface area (Å²) >= 11 is 0. The van der Waals surface area contributed by atoms with Crippen LogP contribution in [0.5, 0.6) is 5.75 Å². The number of aromatic amines is 1. The molecule has 12 heteroatoms. The maximum atomic E-state index is 14.3. The van der Waals surface area contributed by atoms with Gasteiger partial charge in [-0.2, -0.15) is 0 Å². The Labute approximate surface area is 191 Å². The summed E-state index contributed by atoms with van der Waals surface area (Å²) in [5.74, 6) is -4.08. The fourth-order valence-corrected chi connectivity index (χ4v) is 4.32. The number of aromatic nitrogens is 1. The summed E-state index contributed by atoms with van der Waals surface area (Å²) in [7, 11) is 2.47. The number of hydrogen-bond donors (Lipinski definition) is 3. The summed E-state index contributed by atoms with van der Waals surface area (Å²) in [6, 6.07) is 4.43. The molecule has 1 aromatic heterocycles. The van der Waals surface area contributed by atoms with Gasteiger partial charge in [-0.15, -0.1) is 0 Å². The van der Waals surface area contributed by atoms with E-state index in [2.05, 4.69) is 4.98 Å². The maximum Gasteiger partial charge on any atom is 0.281 e. The molecule has 1 fully saturated rings. The van der Waals surface area contributed by atoms with Gasteiger partial charge in [0, 0.05) is 33.1 Å². The first-order valence-corrected chi connectivity index (χ1v) is 10.1. The molecule has 34 heavy (non-hydrogen) atoms. The standard InChI is InChI=1S/C22H20F2N4O6/c1-26-16(6-12-10-25-14-7-13(23)8-15(18(12)14)28(33)34)20(30)27(2)22(32,21(26)31)9-11-4-3-5-17(29)19(11)24/h3-5,7-8,10,16,25,29,32H,6,9H2,1-2H3/t16-,22+/m0/s1. The molecule has 0 aliphatic carbocycles. The van der Waals surface area contributed by atoms with Gasteiger partial charge in [0.15, 0.2) is 11.6 Å². The summed E-state index contributed by atoms with van der Waals surface area (Å²) in [5.41, 5.74) is -2.63. The fourth-order valence-electron chi connectivity index (χ4n) is 4.32. The van der Waals surface area contributed by atoms with Gasteiger partial charge in [0.2, 0.25) is 11.6 Å². The molecule has 4 rings (SSSR count). The normalized spacial score (nSPS) is 20.9. The van der Waals surface area contributed by atoms with Crippen LogP contribution in [0.25, 0.3) is 10.9 Å². The van der Waals surface area contributed by atoms with Crippen LogP contribution in [-0.2, 0) is 22.4 Å². The number of nitro groups is 1. The van der Waals surface area contributed by atoms with Gasteiger partial charge in [-0.25, -0.2) is 8.78 Å². The Balaban J connectivity index is 1.68. The lowest BCUT2D eigenvalue weighted by molar-refractivity contribution is -0.383. The third-order valence-corrected chi connectivity index (χ3v) is 6.21. The van der Waals surface area contributed by atoms with Crippen molar-refractivity contribution in [2.24, 2.45) is 0 Å². The second kappa shape index (κ2) is 8.06. The lowest BCUT2D eigenvalue weighted by Gasteiger charge is -2.47. The number of aromatic hydroxyl groups is 1. The highest BCUT2D eigenvalue weighted by Crippen LogP contribution is 2.34. The van der Waals surface area contributed by atoms with Gasteiger partial charge in [0.05, 0.1) is 21.9 Å². The van der Waals surface area contributed by atoms with Crippen molar-refractivity contribution in [1.29, 1.82) is 0 Å². The molecule has 2 atom stereocenters. The number of nitro benzene ring substituents is 1. The molecular formula is C22H20F2N4O6. The molecule has 1 saturated heterocycles. The van der Waals surface area contributed by atoms with Crippen molar-refractivity contribution in [3.8, 4) is 5.75 Å². The maximum absolute atomic E-state index is 14.3. The zero-order valence-corrected chi connectivity index (χ0v) is 18.1. The number of benzene rings is 2. The van der Waals surface area contributed by atoms with Crippen LogP contribution in [0, 0.1) is 21.7 Å². The van der Waals surface area contributed by atoms with E-state index in [4.69, 9.17) is 0 Å². The molecular weight excluding hydrogens is 454 g/mol. The number of phenolic OH excluding ortho intramolecular Hbond substituents is 1. The van der Waals surface area contributed by atoms with E-state index in [1.165, 1.54) is 32.4 Å². The molecule has 10 nitrogen and oxygen atoms in total. The molecule has 2 heterocycles. The van der Waals surface area contributed by atoms with Gasteiger partial charge in [-0.3, -0.25) is 19.7 Å². The molecule has 2 amide bonds. The quantitative estimate of drug-likeness (QED) is 0.381. The Morgan fingerprint density at radius 3 is 2.59 bits per heavy atom. The Kier molecular flexibility index (Phi) is 5.48. The van der Waals surface area contributed by atoms with Gasteiger partial charge < -0.3 is 25.0 Å². The summed E-state index contributed by atoms with van der Waals surface area (Å²) in [5, 5.41) is 32.3. The van der Waals surface area contributed by atoms with Crippen LogP contribution in [0.4, 0.5) is 14.5 Å². The van der Waals surface area contributed by atoms with Gasteiger partial charge in [0.1, 0.15) is 11.9 Å². The van der Waals surface area contributed by atoms with E-state index in [1.807, 2.05) is 0 Å². The molecule has 0 radical (unpaired) electrons. The van der Waals surface area contributed by atoms with Crippen molar-refractivity contribution in [2.45, 2.75) is 24.6 Å². The number of non-ortho nitro benzene ring substituents is 1. The third kappa shape index (κ3) is 3.52. The lowest BCUT2D eigenvalue weighted by Crippen LogP contribution is -2.71. The van der Waals surface area contributed by atoms with E-state index < -0.39 is 58.0 Å². The Hall–Kier alpha value is -4.06. The predicted molar refractivity (Wildman–Crippen MR) is 115 cm³/mol. The summed E-state index contributed by atoms with van der Waals surface area (Å²) in [6.45, 7) is 0. The van der Waals surface area contributed by atoms with E-state index >= 15 is 0 Å². The van der Waals surface area contributed by atoms with Crippen LogP contribution in [0.2, 0.25) is 0 Å². The van der Waals surface area contributed by atoms with Crippen LogP contribution < -0.4 is 0 Å². The number of nitrogens with one attached hydrogen (secondary N) is 1. The first kappa shape index (κ1) is 23.1. The van der Waals surface area contributed by atoms with E-state index in [0.717, 1.165) is 28.0 Å². The summed E-state index contributed by atoms with van der Waals surface area (Å²) < 4.78 is 28.1. The van der Waals surface area contributed by atoms with Crippen molar-refractivity contribution in [2.75, 3.05) is 14.1 Å². The molecule has 3 N–H and O–H groups in total. The number of halogens is 2. The van der Waals surface area contributed by atoms with Crippen LogP contribution in [0.1, 0.15) is 11.1 Å². The highest BCUT2D eigenvalue weighted by Gasteiger charge is 2.53. The molecule has 2 aromatic carbocycles. The smallest absolute Gasteiger partial charge is 0.281 e. The van der Waals surface area contributed by atoms with E-state index in [1.54, 1.807) is 0 Å². The van der Waals surface area contributed by atoms with Crippen molar-refractivity contribution < 1.29 is 33.5 Å². The van der Waals surface area contributed by atoms with Gasteiger partial charge in [0.25, 0.3) is 11.6 Å². The van der Waals surface area contributed by atoms with Gasteiger partial charge in [-0.05, 0) is 23.3 Å². The Morgan fingerprint density at radius 1 is 1.21 bits per heavy atom. The molecule has 1 aliphatic rings. The highest BCUT2D eigenvalue weighted by atomic mass is 19.1. The van der Waals surface area contributed by atoms with E-state index in [9.17, 15) is 38.7 Å². The Morgan fingerprint density at radius 2 is 1.91 bits per heavy atom. The molecule has 1 aliphatic heterocycles. The average Bonchev–Trinajstić information content (AvgIpc) is 3.19. The molecule has 3 aromatic rings. The second-order valence-corrected chi connectivity index (χ2v) is 8.20. The first-order valence-electron chi connectivity index (χ1n) is 10.1. The number of fused-ring (bicyclic) bond motifs is 1. The highest BCUT2D eigenvalue weighted by molar-refractivity contribution is 5.99. The third-order valence-electron chi connectivity index (χ3n) is 6.21. The number of likely N-dealkylation sites (N-methyl/N-ethyl adjacent to an activating group) is 2. The fraction of sp³-hybridized carbons (Fsp3) is 0.273. The number of piperazine rings is 1. The lowest BCUT2D eigenvalue weighted by atomic mass is 9.92. The molecule has 0 unspecified atom stereocenters. The van der Waals surface area contributed by atoms with Crippen LogP contribution >= 0.6 is 0 Å². The number of carbonyl (C=O) groups excluding carboxylic acids is 2. The molecule has 0 bridgehead atoms. The number of amides is 2. The summed E-state index contributed by atoms with van der Waals surface area (Å²) in [6.07, 6.45) is 0.628. The molecule has 178 valence electrons. The van der Waals surface area contributed by atoms with Crippen LogP contribution in [0.15, 0.2) is 36.5 Å². The minimum atomic E-state index is -2.42. The van der Waals surface area contributed by atoms with Crippen LogP contribution in [-0.4, -0.2) is 67.6 Å². The van der Waals surface area contributed by atoms with Crippen molar-refractivity contribution in [1.82, 2.24) is 14.8 Å². The SMILES string of the molecule is CN1C(=O)[C@](O)(Cc2cccc(O)c2F)N(C)C(=O)[C@@H]1Cc1c[nH]c2cc(F)cc([N+](=O)[O-])c12. The molecule has 0 saturated carbocycles. The van der Waals surface area contributed by atoms with Gasteiger partial charge >= 0.3 is 0 Å². The first-order chi connectivity index (χ1) is 16.0. The number of nitrogens with zero attached hydrogens (tertiary/aromatic N) is 3. The number of H-pyrrole nitrogens is 1. The van der Waals surface area contributed by atoms with Gasteiger partial charge in [-0.1, -0.05) is 12.1 Å². The topological polar surface area (TPSA) is 140 Å². The number of aliphatic hydroxyl groups is 1. The second-order valence-electron chi connectivity index (χ2n) is 8.20. The van der Waals surface area contributed by atoms with E-state index in [0.29, 0.717) is 5.56 Å². The van der Waals surface area contributed by atoms with Crippen molar-refractivity contribution >= 4 is 28.4 Å². The monoisotopic (exact) mass is 474 g/mol. The zero-order valence-electron chi connectivity index (χ0n) is 18.1. The van der Waals surface area contributed by atoms with Crippen molar-refractivity contribution in [3.05, 3.63) is 69.4 Å². The Bertz CT molecular complexity index is 1340.